The molecule has 0 fully saturated rings. The fourth-order valence-corrected chi connectivity index (χ4v) is 5.36. The summed E-state index contributed by atoms with van der Waals surface area (Å²) in [6.07, 6.45) is 1.72. The van der Waals surface area contributed by atoms with E-state index < -0.39 is 10.1 Å². The van der Waals surface area contributed by atoms with E-state index in [-0.39, 0.29) is 16.6 Å². The maximum atomic E-state index is 13.4. The number of hydrogen-bond donors (Lipinski definition) is 0. The molecule has 9 heteroatoms. The molecule has 0 spiro atoms. The number of hydrogen-bond acceptors (Lipinski definition) is 5. The van der Waals surface area contributed by atoms with E-state index >= 15 is 0 Å². The second-order valence-corrected chi connectivity index (χ2v) is 10.8. The Bertz CT molecular complexity index is 1640. The van der Waals surface area contributed by atoms with E-state index in [2.05, 4.69) is 21.0 Å². The first-order valence-electron chi connectivity index (χ1n) is 11.1. The van der Waals surface area contributed by atoms with Gasteiger partial charge in [0.1, 0.15) is 10.6 Å². The van der Waals surface area contributed by atoms with E-state index in [1.54, 1.807) is 18.2 Å². The van der Waals surface area contributed by atoms with Crippen LogP contribution in [0.25, 0.3) is 6.08 Å². The molecule has 0 saturated carbocycles. The lowest BCUT2D eigenvalue weighted by molar-refractivity contribution is -0.114. The molecule has 0 aromatic heterocycles. The molecule has 1 amide bonds. The predicted molar refractivity (Wildman–Crippen MR) is 148 cm³/mol. The summed E-state index contributed by atoms with van der Waals surface area (Å²) in [5, 5.41) is 6.42. The minimum absolute atomic E-state index is 0.0173. The third-order valence-electron chi connectivity index (χ3n) is 5.49. The summed E-state index contributed by atoms with van der Waals surface area (Å²) in [6.45, 7) is 0. The molecule has 6 nitrogen and oxygen atoms in total. The average molecular weight is 594 g/mol. The third kappa shape index (κ3) is 5.36. The lowest BCUT2D eigenvalue weighted by atomic mass is 10.0. The summed E-state index contributed by atoms with van der Waals surface area (Å²) < 4.78 is 31.1. The van der Waals surface area contributed by atoms with Gasteiger partial charge in [0, 0.05) is 10.6 Å². The van der Waals surface area contributed by atoms with Gasteiger partial charge in [-0.05, 0) is 76.1 Å². The van der Waals surface area contributed by atoms with Gasteiger partial charge in [-0.2, -0.15) is 18.5 Å². The first kappa shape index (κ1) is 25.0. The molecule has 4 aromatic carbocycles. The molecule has 0 saturated heterocycles. The zero-order chi connectivity index (χ0) is 26.0. The molecule has 0 N–H and O–H groups in total. The first-order chi connectivity index (χ1) is 17.8. The van der Waals surface area contributed by atoms with E-state index in [0.29, 0.717) is 32.0 Å². The maximum Gasteiger partial charge on any atom is 0.339 e. The number of amides is 1. The smallest absolute Gasteiger partial charge is 0.339 e. The Labute approximate surface area is 227 Å². The molecule has 37 heavy (non-hydrogen) atoms. The van der Waals surface area contributed by atoms with Crippen molar-refractivity contribution in [2.45, 2.75) is 4.90 Å². The van der Waals surface area contributed by atoms with Crippen LogP contribution >= 0.6 is 27.5 Å². The van der Waals surface area contributed by atoms with Gasteiger partial charge < -0.3 is 4.18 Å². The minimum atomic E-state index is -4.06. The van der Waals surface area contributed by atoms with Gasteiger partial charge in [0.25, 0.3) is 5.91 Å². The Kier molecular flexibility index (Phi) is 6.97. The second-order valence-electron chi connectivity index (χ2n) is 8.01. The van der Waals surface area contributed by atoms with Crippen molar-refractivity contribution in [3.05, 3.63) is 129 Å². The van der Waals surface area contributed by atoms with Crippen LogP contribution in [0, 0.1) is 0 Å². The molecule has 1 heterocycles. The molecule has 0 radical (unpaired) electrons. The summed E-state index contributed by atoms with van der Waals surface area (Å²) in [7, 11) is -4.06. The van der Waals surface area contributed by atoms with Crippen molar-refractivity contribution in [1.29, 1.82) is 0 Å². The van der Waals surface area contributed by atoms with E-state index in [1.165, 1.54) is 35.3 Å². The zero-order valence-electron chi connectivity index (χ0n) is 19.1. The molecule has 1 aliphatic heterocycles. The normalized spacial score (nSPS) is 14.6. The van der Waals surface area contributed by atoms with Gasteiger partial charge in [0.05, 0.1) is 15.7 Å². The van der Waals surface area contributed by atoms with Crippen LogP contribution in [0.5, 0.6) is 5.75 Å². The molecule has 184 valence electrons. The summed E-state index contributed by atoms with van der Waals surface area (Å²) in [6, 6.07) is 29.2. The van der Waals surface area contributed by atoms with Crippen molar-refractivity contribution >= 4 is 61.0 Å². The van der Waals surface area contributed by atoms with Gasteiger partial charge in [-0.3, -0.25) is 4.79 Å². The Morgan fingerprint density at radius 1 is 0.865 bits per heavy atom. The van der Waals surface area contributed by atoms with Crippen molar-refractivity contribution in [3.8, 4) is 5.75 Å². The van der Waals surface area contributed by atoms with Crippen LogP contribution in [0.4, 0.5) is 5.69 Å². The van der Waals surface area contributed by atoms with Crippen LogP contribution in [0.2, 0.25) is 5.02 Å². The van der Waals surface area contributed by atoms with Crippen LogP contribution in [0.3, 0.4) is 0 Å². The Hall–Kier alpha value is -3.72. The highest BCUT2D eigenvalue weighted by atomic mass is 79.9. The molecule has 0 atom stereocenters. The number of para-hydroxylation sites is 1. The summed E-state index contributed by atoms with van der Waals surface area (Å²) in [5.41, 5.74) is 3.06. The molecular formula is C28H18BrClN2O4S. The van der Waals surface area contributed by atoms with E-state index in [4.69, 9.17) is 15.8 Å². The third-order valence-corrected chi connectivity index (χ3v) is 7.61. The fraction of sp³-hybridized carbons (Fsp3) is 0. The van der Waals surface area contributed by atoms with Crippen LogP contribution in [0.15, 0.2) is 123 Å². The Balaban J connectivity index is 1.48. The topological polar surface area (TPSA) is 76.0 Å². The SMILES string of the molecule is O=C1/C(=C\c2ccc(OS(=O)(=O)c3ccc(Cl)cc3)c(Br)c2)C(c2ccccc2)=NN1c1ccccc1. The maximum absolute atomic E-state index is 13.4. The van der Waals surface area contributed by atoms with Gasteiger partial charge in [0.15, 0.2) is 5.75 Å². The van der Waals surface area contributed by atoms with Gasteiger partial charge in [0.2, 0.25) is 0 Å². The highest BCUT2D eigenvalue weighted by molar-refractivity contribution is 9.10. The summed E-state index contributed by atoms with van der Waals surface area (Å²) >= 11 is 9.25. The number of carbonyl (C=O) groups excluding carboxylic acids is 1. The lowest BCUT2D eigenvalue weighted by Gasteiger charge is -2.11. The van der Waals surface area contributed by atoms with E-state index in [9.17, 15) is 13.2 Å². The highest BCUT2D eigenvalue weighted by Crippen LogP contribution is 2.32. The van der Waals surface area contributed by atoms with Crippen molar-refractivity contribution in [1.82, 2.24) is 0 Å². The number of carbonyl (C=O) groups is 1. The standard InChI is InChI=1S/C28H18BrClN2O4S/c29-25-18-19(11-16-26(25)36-37(34,35)23-14-12-21(30)13-15-23)17-24-27(20-7-3-1-4-8-20)31-32(28(24)33)22-9-5-2-6-10-22/h1-18H/b24-17-. The monoisotopic (exact) mass is 592 g/mol. The van der Waals surface area contributed by atoms with Crippen molar-refractivity contribution < 1.29 is 17.4 Å². The van der Waals surface area contributed by atoms with Crippen LogP contribution < -0.4 is 9.19 Å². The fourth-order valence-electron chi connectivity index (χ4n) is 3.71. The number of rotatable bonds is 6. The second kappa shape index (κ2) is 10.3. The van der Waals surface area contributed by atoms with Crippen molar-refractivity contribution in [3.63, 3.8) is 0 Å². The largest absolute Gasteiger partial charge is 0.378 e. The quantitative estimate of drug-likeness (QED) is 0.184. The zero-order valence-corrected chi connectivity index (χ0v) is 22.2. The number of benzene rings is 4. The van der Waals surface area contributed by atoms with Gasteiger partial charge in [-0.1, -0.05) is 66.2 Å². The molecular weight excluding hydrogens is 576 g/mol. The molecule has 1 aliphatic rings. The molecule has 0 aliphatic carbocycles. The minimum Gasteiger partial charge on any atom is -0.378 e. The molecule has 0 bridgehead atoms. The van der Waals surface area contributed by atoms with Crippen LogP contribution in [0.1, 0.15) is 11.1 Å². The number of hydrazone groups is 1. The average Bonchev–Trinajstić information content (AvgIpc) is 3.22. The number of halogens is 2. The van der Waals surface area contributed by atoms with Gasteiger partial charge in [-0.25, -0.2) is 0 Å². The molecule has 4 aromatic rings. The number of nitrogens with zero attached hydrogens (tertiary/aromatic N) is 2. The summed E-state index contributed by atoms with van der Waals surface area (Å²) in [5.74, 6) is -0.162. The molecule has 5 rings (SSSR count). The van der Waals surface area contributed by atoms with E-state index in [1.807, 2.05) is 60.7 Å². The predicted octanol–water partition coefficient (Wildman–Crippen LogP) is 6.70. The Morgan fingerprint density at radius 2 is 1.51 bits per heavy atom. The van der Waals surface area contributed by atoms with Gasteiger partial charge in [-0.15, -0.1) is 0 Å². The number of anilines is 1. The summed E-state index contributed by atoms with van der Waals surface area (Å²) in [4.78, 5) is 13.4. The van der Waals surface area contributed by atoms with Crippen molar-refractivity contribution in [2.75, 3.05) is 5.01 Å². The highest BCUT2D eigenvalue weighted by Gasteiger charge is 2.32. The first-order valence-corrected chi connectivity index (χ1v) is 13.6. The lowest BCUT2D eigenvalue weighted by Crippen LogP contribution is -2.21. The Morgan fingerprint density at radius 3 is 2.16 bits per heavy atom. The van der Waals surface area contributed by atoms with E-state index in [0.717, 1.165) is 5.56 Å². The van der Waals surface area contributed by atoms with Gasteiger partial charge >= 0.3 is 10.1 Å². The molecule has 0 unspecified atom stereocenters. The van der Waals surface area contributed by atoms with Crippen LogP contribution in [-0.4, -0.2) is 20.0 Å². The van der Waals surface area contributed by atoms with Crippen molar-refractivity contribution in [2.24, 2.45) is 5.10 Å². The van der Waals surface area contributed by atoms with Crippen LogP contribution in [-0.2, 0) is 14.9 Å².